The van der Waals surface area contributed by atoms with Gasteiger partial charge in [0.25, 0.3) is 0 Å². The summed E-state index contributed by atoms with van der Waals surface area (Å²) in [5.41, 5.74) is 0.997. The Balaban J connectivity index is 1.69. The van der Waals surface area contributed by atoms with Crippen molar-refractivity contribution < 1.29 is 19.5 Å². The maximum atomic E-state index is 12.4. The molecule has 7 atom stereocenters. The van der Waals surface area contributed by atoms with Gasteiger partial charge < -0.3 is 5.11 Å². The lowest BCUT2D eigenvalue weighted by atomic mass is 9.47. The molecule has 4 heteroatoms. The van der Waals surface area contributed by atoms with Crippen LogP contribution in [0.5, 0.6) is 0 Å². The van der Waals surface area contributed by atoms with Crippen molar-refractivity contribution in [3.05, 3.63) is 23.8 Å². The maximum absolute atomic E-state index is 12.4. The molecule has 4 aliphatic carbocycles. The lowest BCUT2D eigenvalue weighted by molar-refractivity contribution is -0.155. The number of carboxylic acid groups (broad SMARTS) is 1. The number of fused-ring (bicyclic) bond motifs is 5. The molecule has 1 N–H and O–H groups in total. The second-order valence-electron chi connectivity index (χ2n) is 9.51. The van der Waals surface area contributed by atoms with Gasteiger partial charge in [-0.1, -0.05) is 32.4 Å². The zero-order valence-corrected chi connectivity index (χ0v) is 15.8. The quantitative estimate of drug-likeness (QED) is 0.764. The highest BCUT2D eigenvalue weighted by Crippen LogP contribution is 2.67. The molecule has 4 aliphatic rings. The average Bonchev–Trinajstić information content (AvgIpc) is 2.85. The third-order valence-electron chi connectivity index (χ3n) is 8.39. The molecule has 0 aromatic carbocycles. The molecule has 3 fully saturated rings. The van der Waals surface area contributed by atoms with Gasteiger partial charge in [0.15, 0.2) is 5.78 Å². The molecule has 0 aromatic heterocycles. The molecule has 140 valence electrons. The van der Waals surface area contributed by atoms with Crippen LogP contribution in [0.15, 0.2) is 23.8 Å². The lowest BCUT2D eigenvalue weighted by Crippen LogP contribution is -2.51. The Morgan fingerprint density at radius 1 is 1.19 bits per heavy atom. The minimum Gasteiger partial charge on any atom is -0.475 e. The van der Waals surface area contributed by atoms with E-state index in [0.717, 1.165) is 32.1 Å². The van der Waals surface area contributed by atoms with Gasteiger partial charge in [0.05, 0.1) is 0 Å². The topological polar surface area (TPSA) is 71.4 Å². The van der Waals surface area contributed by atoms with E-state index < -0.39 is 11.8 Å². The number of hydrogen-bond donors (Lipinski definition) is 1. The molecular formula is C22H28O4. The average molecular weight is 356 g/mol. The SMILES string of the molecule is CC1C[C@H]2[C@@H]3CCC4=CC(=O)C=C[C@]4(C)[C@H]3CC[C@]2(C)[C@H]1C(=O)C(=O)O. The molecule has 1 unspecified atom stereocenters. The first-order chi connectivity index (χ1) is 12.2. The van der Waals surface area contributed by atoms with E-state index in [-0.39, 0.29) is 28.4 Å². The second-order valence-corrected chi connectivity index (χ2v) is 9.51. The highest BCUT2D eigenvalue weighted by molar-refractivity contribution is 6.33. The number of carboxylic acids is 1. The van der Waals surface area contributed by atoms with Crippen LogP contribution in [0, 0.1) is 40.4 Å². The minimum absolute atomic E-state index is 0.0592. The van der Waals surface area contributed by atoms with Crippen molar-refractivity contribution in [3.8, 4) is 0 Å². The molecule has 26 heavy (non-hydrogen) atoms. The first kappa shape index (κ1) is 17.7. The summed E-state index contributed by atoms with van der Waals surface area (Å²) in [5, 5.41) is 9.32. The zero-order chi connectivity index (χ0) is 18.9. The summed E-state index contributed by atoms with van der Waals surface area (Å²) in [4.78, 5) is 35.7. The number of rotatable bonds is 2. The summed E-state index contributed by atoms with van der Waals surface area (Å²) in [7, 11) is 0. The van der Waals surface area contributed by atoms with Gasteiger partial charge in [-0.15, -0.1) is 0 Å². The predicted molar refractivity (Wildman–Crippen MR) is 97.3 cm³/mol. The van der Waals surface area contributed by atoms with Gasteiger partial charge in [-0.25, -0.2) is 4.79 Å². The Morgan fingerprint density at radius 2 is 1.92 bits per heavy atom. The summed E-state index contributed by atoms with van der Waals surface area (Å²) >= 11 is 0. The minimum atomic E-state index is -1.28. The second kappa shape index (κ2) is 5.64. The third kappa shape index (κ3) is 2.23. The van der Waals surface area contributed by atoms with Gasteiger partial charge in [0.1, 0.15) is 0 Å². The molecule has 0 amide bonds. The van der Waals surface area contributed by atoms with Crippen molar-refractivity contribution in [2.24, 2.45) is 40.4 Å². The van der Waals surface area contributed by atoms with Crippen molar-refractivity contribution in [1.29, 1.82) is 0 Å². The molecule has 4 nitrogen and oxygen atoms in total. The molecule has 0 aliphatic heterocycles. The smallest absolute Gasteiger partial charge is 0.372 e. The van der Waals surface area contributed by atoms with Crippen molar-refractivity contribution in [2.75, 3.05) is 0 Å². The summed E-state index contributed by atoms with van der Waals surface area (Å²) in [6.07, 6.45) is 10.5. The number of aliphatic carboxylic acids is 1. The fourth-order valence-corrected chi connectivity index (χ4v) is 7.25. The highest BCUT2D eigenvalue weighted by atomic mass is 16.4. The van der Waals surface area contributed by atoms with Gasteiger partial charge in [-0.2, -0.15) is 0 Å². The molecule has 0 saturated heterocycles. The molecule has 3 saturated carbocycles. The van der Waals surface area contributed by atoms with Gasteiger partial charge in [-0.05, 0) is 73.3 Å². The summed E-state index contributed by atoms with van der Waals surface area (Å²) < 4.78 is 0. The van der Waals surface area contributed by atoms with Crippen LogP contribution in [-0.2, 0) is 14.4 Å². The Labute approximate surface area is 154 Å². The molecule has 0 bridgehead atoms. The Bertz CT molecular complexity index is 747. The number of Topliss-reactive ketones (excluding diaryl/α,β-unsaturated/α-hetero) is 1. The molecule has 0 heterocycles. The van der Waals surface area contributed by atoms with Gasteiger partial charge in [0, 0.05) is 11.3 Å². The van der Waals surface area contributed by atoms with E-state index >= 15 is 0 Å². The molecule has 4 rings (SSSR count). The Hall–Kier alpha value is -1.71. The molecular weight excluding hydrogens is 328 g/mol. The number of allylic oxidation sites excluding steroid dienone is 4. The van der Waals surface area contributed by atoms with E-state index in [2.05, 4.69) is 26.8 Å². The lowest BCUT2D eigenvalue weighted by Gasteiger charge is -2.56. The van der Waals surface area contributed by atoms with E-state index in [9.17, 15) is 19.5 Å². The molecule has 0 aromatic rings. The van der Waals surface area contributed by atoms with Crippen LogP contribution >= 0.6 is 0 Å². The van der Waals surface area contributed by atoms with Crippen molar-refractivity contribution in [2.45, 2.75) is 52.9 Å². The predicted octanol–water partition coefficient (Wildman–Crippen LogP) is 3.81. The summed E-state index contributed by atoms with van der Waals surface area (Å²) in [6, 6.07) is 0. The largest absolute Gasteiger partial charge is 0.475 e. The number of carbonyl (C=O) groups excluding carboxylic acids is 2. The van der Waals surface area contributed by atoms with Crippen LogP contribution in [0.3, 0.4) is 0 Å². The van der Waals surface area contributed by atoms with Crippen LogP contribution in [0.4, 0.5) is 0 Å². The van der Waals surface area contributed by atoms with Gasteiger partial charge in [0.2, 0.25) is 5.78 Å². The van der Waals surface area contributed by atoms with Gasteiger partial charge >= 0.3 is 5.97 Å². The Morgan fingerprint density at radius 3 is 2.62 bits per heavy atom. The maximum Gasteiger partial charge on any atom is 0.372 e. The van der Waals surface area contributed by atoms with Crippen LogP contribution < -0.4 is 0 Å². The van der Waals surface area contributed by atoms with Crippen LogP contribution in [-0.4, -0.2) is 22.6 Å². The first-order valence-corrected chi connectivity index (χ1v) is 9.90. The molecule has 0 spiro atoms. The van der Waals surface area contributed by atoms with E-state index in [1.807, 2.05) is 6.08 Å². The normalized spacial score (nSPS) is 46.8. The third-order valence-corrected chi connectivity index (χ3v) is 8.39. The standard InChI is InChI=1S/C22H28O4/c1-12-10-17-15-5-4-13-11-14(23)6-8-21(13,2)16(15)7-9-22(17,3)18(12)19(24)20(25)26/h6,8,11-12,15-18H,4-5,7,9-10H2,1-3H3,(H,25,26)/t12?,15-,16+,17+,18-,21+,22+/m1/s1. The fourth-order valence-electron chi connectivity index (χ4n) is 7.25. The number of ketones is 2. The van der Waals surface area contributed by atoms with E-state index in [1.165, 1.54) is 5.57 Å². The van der Waals surface area contributed by atoms with Crippen LogP contribution in [0.25, 0.3) is 0 Å². The summed E-state index contributed by atoms with van der Waals surface area (Å²) in [5.74, 6) is -0.627. The first-order valence-electron chi connectivity index (χ1n) is 9.90. The molecule has 0 radical (unpaired) electrons. The van der Waals surface area contributed by atoms with E-state index in [4.69, 9.17) is 0 Å². The highest BCUT2D eigenvalue weighted by Gasteiger charge is 2.62. The fraction of sp³-hybridized carbons (Fsp3) is 0.682. The van der Waals surface area contributed by atoms with Crippen molar-refractivity contribution in [3.63, 3.8) is 0 Å². The van der Waals surface area contributed by atoms with Crippen LogP contribution in [0.2, 0.25) is 0 Å². The van der Waals surface area contributed by atoms with Crippen LogP contribution in [0.1, 0.15) is 52.9 Å². The van der Waals surface area contributed by atoms with Crippen molar-refractivity contribution >= 4 is 17.5 Å². The Kier molecular flexibility index (Phi) is 3.84. The van der Waals surface area contributed by atoms with E-state index in [0.29, 0.717) is 17.8 Å². The summed E-state index contributed by atoms with van der Waals surface area (Å²) in [6.45, 7) is 6.48. The van der Waals surface area contributed by atoms with E-state index in [1.54, 1.807) is 6.08 Å². The number of carbonyl (C=O) groups is 3. The monoisotopic (exact) mass is 356 g/mol. The van der Waals surface area contributed by atoms with Crippen molar-refractivity contribution in [1.82, 2.24) is 0 Å². The number of hydrogen-bond acceptors (Lipinski definition) is 3. The zero-order valence-electron chi connectivity index (χ0n) is 15.8. The van der Waals surface area contributed by atoms with Gasteiger partial charge in [-0.3, -0.25) is 9.59 Å².